The van der Waals surface area contributed by atoms with Gasteiger partial charge in [0.15, 0.2) is 60.0 Å². The highest BCUT2D eigenvalue weighted by atomic mass is 16.7. The number of ether oxygens (including phenoxy) is 13. The summed E-state index contributed by atoms with van der Waals surface area (Å²) in [5, 5.41) is 69.7. The number of carbonyl (C=O) groups excluding carboxylic acids is 2. The van der Waals surface area contributed by atoms with Gasteiger partial charge in [0.1, 0.15) is 109 Å². The number of aromatic hydroxyl groups is 4. The first-order valence-corrected chi connectivity index (χ1v) is 37.2. The number of Topliss-reactive ketones (excluding diaryl/α,β-unsaturated/α-hetero) is 2. The molecule has 0 amide bonds. The van der Waals surface area contributed by atoms with Gasteiger partial charge in [0.25, 0.3) is 0 Å². The largest absolute Gasteiger partial charge is 0.508 e. The molecule has 7 N–H and O–H groups in total. The maximum absolute atomic E-state index is 16.1. The van der Waals surface area contributed by atoms with Crippen LogP contribution in [0, 0.1) is 0 Å². The molecule has 0 bridgehead atoms. The summed E-state index contributed by atoms with van der Waals surface area (Å²) in [5.74, 6) is -1.28. The predicted octanol–water partition coefficient (Wildman–Crippen LogP) is 14.2. The summed E-state index contributed by atoms with van der Waals surface area (Å²) >= 11 is 0. The molecule has 4 aliphatic rings. The Kier molecular flexibility index (Phi) is 25.3. The van der Waals surface area contributed by atoms with Crippen LogP contribution in [0.25, 0.3) is 0 Å². The maximum atomic E-state index is 16.1. The van der Waals surface area contributed by atoms with E-state index >= 15 is 4.79 Å². The third-order valence-electron chi connectivity index (χ3n) is 19.7. The van der Waals surface area contributed by atoms with E-state index < -0.39 is 115 Å². The summed E-state index contributed by atoms with van der Waals surface area (Å²) in [6.45, 7) is 5.04. The van der Waals surface area contributed by atoms with E-state index in [0.29, 0.717) is 29.4 Å². The van der Waals surface area contributed by atoms with Gasteiger partial charge in [0.2, 0.25) is 11.6 Å². The Morgan fingerprint density at radius 1 is 0.327 bits per heavy atom. The summed E-state index contributed by atoms with van der Waals surface area (Å²) in [7, 11) is 0. The lowest BCUT2D eigenvalue weighted by Crippen LogP contribution is -2.61. The maximum Gasteiger partial charge on any atom is 0.203 e. The molecule has 582 valence electrons. The van der Waals surface area contributed by atoms with Gasteiger partial charge in [-0.1, -0.05) is 224 Å². The number of rotatable bonds is 27. The summed E-state index contributed by atoms with van der Waals surface area (Å²) in [5.41, 5.74) is 7.35. The van der Waals surface area contributed by atoms with Gasteiger partial charge in [0.05, 0.1) is 32.0 Å². The minimum absolute atomic E-state index is 0.154. The van der Waals surface area contributed by atoms with Crippen molar-refractivity contribution in [1.29, 1.82) is 0 Å². The summed E-state index contributed by atoms with van der Waals surface area (Å²) in [4.78, 5) is 29.4. The van der Waals surface area contributed by atoms with Gasteiger partial charge in [-0.05, 0) is 88.2 Å². The average Bonchev–Trinajstić information content (AvgIpc) is 0.755. The monoisotopic (exact) mass is 1530 g/mol. The zero-order chi connectivity index (χ0) is 78.3. The van der Waals surface area contributed by atoms with Crippen molar-refractivity contribution in [2.24, 2.45) is 0 Å². The Morgan fingerprint density at radius 2 is 0.735 bits per heavy atom. The van der Waals surface area contributed by atoms with Crippen LogP contribution in [0.4, 0.5) is 0 Å². The van der Waals surface area contributed by atoms with Gasteiger partial charge >= 0.3 is 0 Å². The van der Waals surface area contributed by atoms with Crippen LogP contribution in [0.2, 0.25) is 0 Å². The fraction of sp³-hybridized carbons (Fsp3) is 0.253. The predicted molar refractivity (Wildman–Crippen MR) is 412 cm³/mol. The molecule has 11 aromatic carbocycles. The normalized spacial score (nSPS) is 23.1. The third-order valence-corrected chi connectivity index (χ3v) is 19.7. The van der Waals surface area contributed by atoms with E-state index in [9.17, 15) is 40.5 Å². The molecule has 11 aromatic rings. The molecule has 15 rings (SSSR count). The fourth-order valence-electron chi connectivity index (χ4n) is 13.7. The van der Waals surface area contributed by atoms with E-state index in [2.05, 4.69) is 0 Å². The van der Waals surface area contributed by atoms with E-state index in [1.54, 1.807) is 12.1 Å². The van der Waals surface area contributed by atoms with Crippen LogP contribution in [-0.2, 0) is 79.4 Å². The molecular formula is C91H86O22. The van der Waals surface area contributed by atoms with Crippen molar-refractivity contribution in [2.45, 2.75) is 146 Å². The number of aliphatic hydroxyl groups excluding tert-OH is 3. The lowest BCUT2D eigenvalue weighted by Gasteiger charge is -2.46. The second-order valence-corrected chi connectivity index (χ2v) is 27.8. The lowest BCUT2D eigenvalue weighted by molar-refractivity contribution is -0.328. The van der Waals surface area contributed by atoms with E-state index in [0.717, 1.165) is 57.1 Å². The number of fused-ring (bicyclic) bond motifs is 2. The van der Waals surface area contributed by atoms with Gasteiger partial charge in [-0.25, -0.2) is 0 Å². The Bertz CT molecular complexity index is 4930. The first-order chi connectivity index (χ1) is 55.0. The summed E-state index contributed by atoms with van der Waals surface area (Å²) in [6, 6.07) is 84.1. The van der Waals surface area contributed by atoms with Crippen LogP contribution in [0.5, 0.6) is 57.5 Å². The topological polar surface area (TPSA) is 296 Å². The number of aliphatic hydroxyl groups is 3. The van der Waals surface area contributed by atoms with Crippen molar-refractivity contribution in [3.63, 3.8) is 0 Å². The number of ketones is 2. The Balaban J connectivity index is 0.000000275. The van der Waals surface area contributed by atoms with Crippen molar-refractivity contribution in [3.8, 4) is 57.5 Å². The average molecular weight is 1530 g/mol. The molecule has 4 heterocycles. The number of benzene rings is 11. The van der Waals surface area contributed by atoms with Crippen LogP contribution >= 0.6 is 0 Å². The molecule has 0 radical (unpaired) electrons. The molecule has 4 aliphatic heterocycles. The SMILES string of the molecule is CC1O[C@@H](O[C@H]2C(=O)c3c(O)cc(O)cc3O[C@@H]2c2ccc(O)c(O)c2)C(O)[C@@H](O)[C@H]1O.CC1O[C@@H](O[C@H]2C(=O)c3c(OCc4ccccc4)cc(OCc4ccccc4)cc3O[C@@H]2c2ccc(OCc3ccccc3)c(OCc3ccccc3)c2)C(OCc2ccccc2)[C@@H](OCc2ccccc2)[C@@H]1OCc1ccccc1. The van der Waals surface area contributed by atoms with Crippen molar-refractivity contribution in [2.75, 3.05) is 0 Å². The summed E-state index contributed by atoms with van der Waals surface area (Å²) in [6.07, 6.45) is -16.6. The van der Waals surface area contributed by atoms with Crippen molar-refractivity contribution in [3.05, 3.63) is 334 Å². The minimum atomic E-state index is -1.71. The highest BCUT2D eigenvalue weighted by molar-refractivity contribution is 6.06. The number of phenols is 4. The highest BCUT2D eigenvalue weighted by Crippen LogP contribution is 2.49. The molecule has 22 heteroatoms. The van der Waals surface area contributed by atoms with Gasteiger partial charge < -0.3 is 97.3 Å². The molecule has 0 spiro atoms. The van der Waals surface area contributed by atoms with E-state index in [1.807, 2.05) is 237 Å². The zero-order valence-corrected chi connectivity index (χ0v) is 61.8. The van der Waals surface area contributed by atoms with Crippen LogP contribution in [-0.4, -0.2) is 121 Å². The molecule has 0 saturated carbocycles. The standard InChI is InChI=1S/C70H64O11.C21H22O11/c1-49-65(76-46-54-31-17-6-18-32-54)68(77-47-55-33-19-7-20-34-55)69(78-48-56-35-21-8-22-36-56)70(79-49)81-67-64(71)63-61(75-45-53-29-15-5-16-30-53)40-58(72-42-50-23-9-2-10-24-50)41-62(63)80-66(67)57-37-38-59(73-43-51-25-11-3-12-26-51)60(39-57)74-44-52-27-13-4-14-28-52;1-7-15(26)17(28)18(29)21(30-7)32-20-16(27)14-12(25)5-9(22)6-13(14)31-19(20)8-2-3-10(23)11(24)4-8/h2-41,49,65-70H,42-48H2,1H3;2-7,15,17-26,28-29H,1H3/t49?,65-,66-,67+,68+,69?,70+;7?,15-,17-,18?,19+,20-,21-/m10/s1. The smallest absolute Gasteiger partial charge is 0.203 e. The molecule has 0 aromatic heterocycles. The number of hydrogen-bond acceptors (Lipinski definition) is 22. The third kappa shape index (κ3) is 19.1. The lowest BCUT2D eigenvalue weighted by atomic mass is 9.91. The molecular weight excluding hydrogens is 1440 g/mol. The fourth-order valence-corrected chi connectivity index (χ4v) is 13.7. The Labute approximate surface area is 652 Å². The van der Waals surface area contributed by atoms with Crippen LogP contribution < -0.4 is 28.4 Å². The van der Waals surface area contributed by atoms with Gasteiger partial charge in [-0.15, -0.1) is 0 Å². The molecule has 2 fully saturated rings. The molecule has 0 aliphatic carbocycles. The second-order valence-electron chi connectivity index (χ2n) is 27.8. The van der Waals surface area contributed by atoms with Gasteiger partial charge in [-0.2, -0.15) is 0 Å². The van der Waals surface area contributed by atoms with Crippen molar-refractivity contribution < 1.29 is 107 Å². The second kappa shape index (κ2) is 36.7. The van der Waals surface area contributed by atoms with Crippen LogP contribution in [0.1, 0.15) is 96.8 Å². The number of phenolic OH excluding ortho intramolecular Hbond substituents is 4. The van der Waals surface area contributed by atoms with Crippen LogP contribution in [0.3, 0.4) is 0 Å². The molecule has 22 nitrogen and oxygen atoms in total. The quantitative estimate of drug-likeness (QED) is 0.0235. The van der Waals surface area contributed by atoms with Gasteiger partial charge in [0, 0.05) is 24.3 Å². The van der Waals surface area contributed by atoms with Crippen LogP contribution in [0.15, 0.2) is 273 Å². The highest BCUT2D eigenvalue weighted by Gasteiger charge is 2.53. The van der Waals surface area contributed by atoms with Crippen molar-refractivity contribution in [1.82, 2.24) is 0 Å². The molecule has 14 atom stereocenters. The zero-order valence-electron chi connectivity index (χ0n) is 61.8. The van der Waals surface area contributed by atoms with Crippen molar-refractivity contribution >= 4 is 11.6 Å². The Hall–Kier alpha value is -11.6. The molecule has 113 heavy (non-hydrogen) atoms. The van der Waals surface area contributed by atoms with E-state index in [1.165, 1.54) is 19.1 Å². The number of hydrogen-bond donors (Lipinski definition) is 7. The molecule has 4 unspecified atom stereocenters. The number of carbonyl (C=O) groups is 2. The Morgan fingerprint density at radius 3 is 1.24 bits per heavy atom. The first-order valence-electron chi connectivity index (χ1n) is 37.2. The first kappa shape index (κ1) is 78.1. The van der Waals surface area contributed by atoms with E-state index in [4.69, 9.17) is 61.6 Å². The van der Waals surface area contributed by atoms with E-state index in [-0.39, 0.29) is 79.3 Å². The summed E-state index contributed by atoms with van der Waals surface area (Å²) < 4.78 is 85.3. The molecule has 2 saturated heterocycles. The minimum Gasteiger partial charge on any atom is -0.508 e. The van der Waals surface area contributed by atoms with Gasteiger partial charge in [-0.3, -0.25) is 9.59 Å².